The van der Waals surface area contributed by atoms with Crippen LogP contribution in [0.25, 0.3) is 11.3 Å². The molecule has 0 aliphatic heterocycles. The highest BCUT2D eigenvalue weighted by Gasteiger charge is 2.13. The second-order valence-corrected chi connectivity index (χ2v) is 8.14. The number of ether oxygens (including phenoxy) is 1. The van der Waals surface area contributed by atoms with E-state index in [2.05, 4.69) is 28.5 Å². The second kappa shape index (κ2) is 8.15. The van der Waals surface area contributed by atoms with Gasteiger partial charge >= 0.3 is 0 Å². The molecule has 3 aromatic rings. The fraction of sp³-hybridized carbons (Fsp3) is 0.304. The van der Waals surface area contributed by atoms with Crippen LogP contribution in [0.4, 0.5) is 5.13 Å². The Labute approximate surface area is 169 Å². The molecule has 0 saturated heterocycles. The summed E-state index contributed by atoms with van der Waals surface area (Å²) in [7, 11) is 0. The molecule has 1 aromatic heterocycles. The van der Waals surface area contributed by atoms with Gasteiger partial charge < -0.3 is 4.74 Å². The van der Waals surface area contributed by atoms with Gasteiger partial charge in [-0.2, -0.15) is 0 Å². The summed E-state index contributed by atoms with van der Waals surface area (Å²) in [5.74, 6) is 0.570. The SMILES string of the molecule is Cc1cccc(C)c1OCC(=O)Nc1nc(-c2ccc3c(c2)CCCC3)cs1. The van der Waals surface area contributed by atoms with Gasteiger partial charge in [0.25, 0.3) is 5.91 Å². The normalized spacial score (nSPS) is 13.1. The second-order valence-electron chi connectivity index (χ2n) is 7.29. The van der Waals surface area contributed by atoms with Crippen molar-refractivity contribution in [3.8, 4) is 17.0 Å². The highest BCUT2D eigenvalue weighted by Crippen LogP contribution is 2.29. The molecule has 5 heteroatoms. The predicted molar refractivity (Wildman–Crippen MR) is 114 cm³/mol. The number of carbonyl (C=O) groups is 1. The van der Waals surface area contributed by atoms with Gasteiger partial charge in [0.1, 0.15) is 5.75 Å². The number of nitrogens with zero attached hydrogens (tertiary/aromatic N) is 1. The van der Waals surface area contributed by atoms with Crippen molar-refractivity contribution >= 4 is 22.4 Å². The Morgan fingerprint density at radius 1 is 1.11 bits per heavy atom. The van der Waals surface area contributed by atoms with Gasteiger partial charge in [0.05, 0.1) is 5.69 Å². The van der Waals surface area contributed by atoms with Crippen LogP contribution < -0.4 is 10.1 Å². The van der Waals surface area contributed by atoms with Crippen LogP contribution in [0.15, 0.2) is 41.8 Å². The van der Waals surface area contributed by atoms with Crippen molar-refractivity contribution < 1.29 is 9.53 Å². The third-order valence-corrected chi connectivity index (χ3v) is 5.91. The quantitative estimate of drug-likeness (QED) is 0.639. The summed E-state index contributed by atoms with van der Waals surface area (Å²) in [6.45, 7) is 3.93. The number of benzene rings is 2. The summed E-state index contributed by atoms with van der Waals surface area (Å²) < 4.78 is 5.72. The largest absolute Gasteiger partial charge is 0.483 e. The van der Waals surface area contributed by atoms with Crippen molar-refractivity contribution in [1.29, 1.82) is 0 Å². The van der Waals surface area contributed by atoms with Gasteiger partial charge in [-0.25, -0.2) is 4.98 Å². The van der Waals surface area contributed by atoms with E-state index < -0.39 is 0 Å². The molecule has 1 aliphatic rings. The summed E-state index contributed by atoms with van der Waals surface area (Å²) >= 11 is 1.44. The highest BCUT2D eigenvalue weighted by molar-refractivity contribution is 7.14. The zero-order valence-electron chi connectivity index (χ0n) is 16.2. The third-order valence-electron chi connectivity index (χ3n) is 5.15. The first-order valence-electron chi connectivity index (χ1n) is 9.67. The molecule has 0 radical (unpaired) electrons. The van der Waals surface area contributed by atoms with E-state index in [4.69, 9.17) is 4.74 Å². The summed E-state index contributed by atoms with van der Waals surface area (Å²) in [5.41, 5.74) is 6.97. The van der Waals surface area contributed by atoms with Crippen LogP contribution in [0.1, 0.15) is 35.1 Å². The van der Waals surface area contributed by atoms with Crippen molar-refractivity contribution in [3.63, 3.8) is 0 Å². The first kappa shape index (κ1) is 18.7. The molecule has 28 heavy (non-hydrogen) atoms. The van der Waals surface area contributed by atoms with E-state index in [-0.39, 0.29) is 12.5 Å². The average molecular weight is 393 g/mol. The van der Waals surface area contributed by atoms with Gasteiger partial charge in [0.15, 0.2) is 11.7 Å². The molecule has 1 amide bonds. The van der Waals surface area contributed by atoms with E-state index in [1.165, 1.54) is 41.7 Å². The van der Waals surface area contributed by atoms with Crippen LogP contribution in [0.2, 0.25) is 0 Å². The average Bonchev–Trinajstić information content (AvgIpc) is 3.15. The van der Waals surface area contributed by atoms with Crippen LogP contribution in [-0.2, 0) is 17.6 Å². The Morgan fingerprint density at radius 3 is 2.64 bits per heavy atom. The number of amides is 1. The molecule has 0 atom stereocenters. The lowest BCUT2D eigenvalue weighted by Crippen LogP contribution is -2.20. The van der Waals surface area contributed by atoms with Crippen LogP contribution in [-0.4, -0.2) is 17.5 Å². The number of carbonyl (C=O) groups excluding carboxylic acids is 1. The van der Waals surface area contributed by atoms with Crippen LogP contribution in [0, 0.1) is 13.8 Å². The van der Waals surface area contributed by atoms with E-state index in [1.807, 2.05) is 37.4 Å². The van der Waals surface area contributed by atoms with Crippen LogP contribution in [0.3, 0.4) is 0 Å². The van der Waals surface area contributed by atoms with Gasteiger partial charge in [0.2, 0.25) is 0 Å². The standard InChI is InChI=1S/C23H24N2O2S/c1-15-6-5-7-16(2)22(15)27-13-21(26)25-23-24-20(14-28-23)19-11-10-17-8-3-4-9-18(17)12-19/h5-7,10-12,14H,3-4,8-9,13H2,1-2H3,(H,24,25,26). The summed E-state index contributed by atoms with van der Waals surface area (Å²) in [6, 6.07) is 12.5. The van der Waals surface area contributed by atoms with Crippen LogP contribution >= 0.6 is 11.3 Å². The number of thiazole rings is 1. The minimum absolute atomic E-state index is 0.0283. The summed E-state index contributed by atoms with van der Waals surface area (Å²) in [5, 5.41) is 5.44. The first-order valence-corrected chi connectivity index (χ1v) is 10.5. The van der Waals surface area contributed by atoms with Gasteiger partial charge in [-0.1, -0.05) is 30.3 Å². The summed E-state index contributed by atoms with van der Waals surface area (Å²) in [4.78, 5) is 16.9. The number of fused-ring (bicyclic) bond motifs is 1. The Hall–Kier alpha value is -2.66. The minimum atomic E-state index is -0.200. The molecular weight excluding hydrogens is 368 g/mol. The molecule has 1 heterocycles. The topological polar surface area (TPSA) is 51.2 Å². The number of anilines is 1. The van der Waals surface area contributed by atoms with Crippen LogP contribution in [0.5, 0.6) is 5.75 Å². The molecule has 4 nitrogen and oxygen atoms in total. The molecule has 0 bridgehead atoms. The van der Waals surface area contributed by atoms with E-state index in [0.717, 1.165) is 34.6 Å². The van der Waals surface area contributed by atoms with Gasteiger partial charge in [-0.05, 0) is 67.9 Å². The van der Waals surface area contributed by atoms with E-state index in [1.54, 1.807) is 0 Å². The number of nitrogens with one attached hydrogen (secondary N) is 1. The number of aromatic nitrogens is 1. The molecule has 4 rings (SSSR count). The van der Waals surface area contributed by atoms with Gasteiger partial charge in [-0.3, -0.25) is 10.1 Å². The van der Waals surface area contributed by atoms with Gasteiger partial charge in [-0.15, -0.1) is 11.3 Å². The molecule has 0 unspecified atom stereocenters. The zero-order valence-corrected chi connectivity index (χ0v) is 17.1. The zero-order chi connectivity index (χ0) is 19.5. The van der Waals surface area contributed by atoms with Crippen molar-refractivity contribution in [2.75, 3.05) is 11.9 Å². The fourth-order valence-corrected chi connectivity index (χ4v) is 4.41. The number of hydrogen-bond acceptors (Lipinski definition) is 4. The lowest BCUT2D eigenvalue weighted by molar-refractivity contribution is -0.118. The van der Waals surface area contributed by atoms with Crippen molar-refractivity contribution in [2.24, 2.45) is 0 Å². The number of aryl methyl sites for hydroxylation is 4. The number of hydrogen-bond donors (Lipinski definition) is 1. The Balaban J connectivity index is 1.40. The van der Waals surface area contributed by atoms with Crippen molar-refractivity contribution in [1.82, 2.24) is 4.98 Å². The highest BCUT2D eigenvalue weighted by atomic mass is 32.1. The number of para-hydroxylation sites is 1. The molecule has 1 N–H and O–H groups in total. The maximum atomic E-state index is 12.3. The molecule has 2 aromatic carbocycles. The summed E-state index contributed by atoms with van der Waals surface area (Å²) in [6.07, 6.45) is 4.86. The van der Waals surface area contributed by atoms with E-state index in [9.17, 15) is 4.79 Å². The molecule has 0 fully saturated rings. The molecule has 0 spiro atoms. The lowest BCUT2D eigenvalue weighted by Gasteiger charge is -2.16. The Bertz CT molecular complexity index is 989. The first-order chi connectivity index (χ1) is 13.6. The molecule has 144 valence electrons. The third kappa shape index (κ3) is 4.09. The van der Waals surface area contributed by atoms with Gasteiger partial charge in [0, 0.05) is 10.9 Å². The monoisotopic (exact) mass is 392 g/mol. The predicted octanol–water partition coefficient (Wildman–Crippen LogP) is 5.32. The lowest BCUT2D eigenvalue weighted by atomic mass is 9.90. The maximum absolute atomic E-state index is 12.3. The Kier molecular flexibility index (Phi) is 5.44. The molecule has 0 saturated carbocycles. The van der Waals surface area contributed by atoms with E-state index >= 15 is 0 Å². The van der Waals surface area contributed by atoms with Crippen molar-refractivity contribution in [2.45, 2.75) is 39.5 Å². The minimum Gasteiger partial charge on any atom is -0.483 e. The Morgan fingerprint density at radius 2 is 1.86 bits per heavy atom. The van der Waals surface area contributed by atoms with Crippen molar-refractivity contribution in [3.05, 3.63) is 64.0 Å². The maximum Gasteiger partial charge on any atom is 0.264 e. The molecule has 1 aliphatic carbocycles. The van der Waals surface area contributed by atoms with E-state index in [0.29, 0.717) is 5.13 Å². The molecular formula is C23H24N2O2S. The fourth-order valence-electron chi connectivity index (χ4n) is 3.68. The number of rotatable bonds is 5. The smallest absolute Gasteiger partial charge is 0.264 e.